The van der Waals surface area contributed by atoms with Gasteiger partial charge < -0.3 is 10.1 Å². The molecule has 1 atom stereocenters. The zero-order valence-electron chi connectivity index (χ0n) is 7.53. The SMILES string of the molecule is O=C1CC(N2CCOCC2)C=CN1. The van der Waals surface area contributed by atoms with Crippen LogP contribution in [0.15, 0.2) is 12.3 Å². The van der Waals surface area contributed by atoms with E-state index in [2.05, 4.69) is 10.2 Å². The van der Waals surface area contributed by atoms with Gasteiger partial charge in [0.1, 0.15) is 0 Å². The molecule has 2 rings (SSSR count). The van der Waals surface area contributed by atoms with Gasteiger partial charge in [-0.25, -0.2) is 0 Å². The molecule has 13 heavy (non-hydrogen) atoms. The summed E-state index contributed by atoms with van der Waals surface area (Å²) in [6, 6.07) is 0.276. The first-order chi connectivity index (χ1) is 6.36. The standard InChI is InChI=1S/C9H14N2O2/c12-9-7-8(1-2-10-9)11-3-5-13-6-4-11/h1-2,8H,3-7H2,(H,10,12). The first-order valence-corrected chi connectivity index (χ1v) is 4.64. The Labute approximate surface area is 77.5 Å². The molecule has 1 unspecified atom stereocenters. The van der Waals surface area contributed by atoms with Crippen LogP contribution in [0.5, 0.6) is 0 Å². The highest BCUT2D eigenvalue weighted by molar-refractivity contribution is 5.79. The summed E-state index contributed by atoms with van der Waals surface area (Å²) in [7, 11) is 0. The summed E-state index contributed by atoms with van der Waals surface area (Å²) in [6.45, 7) is 3.43. The molecule has 72 valence electrons. The van der Waals surface area contributed by atoms with Crippen molar-refractivity contribution in [3.05, 3.63) is 12.3 Å². The fourth-order valence-electron chi connectivity index (χ4n) is 1.73. The van der Waals surface area contributed by atoms with E-state index in [-0.39, 0.29) is 11.9 Å². The number of nitrogens with one attached hydrogen (secondary N) is 1. The zero-order chi connectivity index (χ0) is 9.10. The van der Waals surface area contributed by atoms with E-state index in [0.29, 0.717) is 6.42 Å². The molecule has 0 spiro atoms. The largest absolute Gasteiger partial charge is 0.379 e. The van der Waals surface area contributed by atoms with E-state index < -0.39 is 0 Å². The van der Waals surface area contributed by atoms with Gasteiger partial charge in [-0.2, -0.15) is 0 Å². The van der Waals surface area contributed by atoms with Crippen molar-refractivity contribution in [3.63, 3.8) is 0 Å². The monoisotopic (exact) mass is 182 g/mol. The lowest BCUT2D eigenvalue weighted by Crippen LogP contribution is -2.46. The number of carbonyl (C=O) groups is 1. The van der Waals surface area contributed by atoms with Gasteiger partial charge in [-0.1, -0.05) is 6.08 Å². The second kappa shape index (κ2) is 3.89. The Bertz CT molecular complexity index is 222. The van der Waals surface area contributed by atoms with Gasteiger partial charge in [-0.3, -0.25) is 9.69 Å². The van der Waals surface area contributed by atoms with Crippen LogP contribution in [0.25, 0.3) is 0 Å². The Balaban J connectivity index is 1.94. The van der Waals surface area contributed by atoms with E-state index in [0.717, 1.165) is 26.3 Å². The molecule has 2 aliphatic rings. The molecule has 0 saturated carbocycles. The van der Waals surface area contributed by atoms with Crippen molar-refractivity contribution in [1.82, 2.24) is 10.2 Å². The number of ether oxygens (including phenoxy) is 1. The van der Waals surface area contributed by atoms with Crippen LogP contribution in [0.4, 0.5) is 0 Å². The fraction of sp³-hybridized carbons (Fsp3) is 0.667. The van der Waals surface area contributed by atoms with Crippen LogP contribution in [-0.4, -0.2) is 43.2 Å². The fourth-order valence-corrected chi connectivity index (χ4v) is 1.73. The van der Waals surface area contributed by atoms with Crippen molar-refractivity contribution in [1.29, 1.82) is 0 Å². The van der Waals surface area contributed by atoms with Gasteiger partial charge in [0.15, 0.2) is 0 Å². The van der Waals surface area contributed by atoms with Crippen LogP contribution < -0.4 is 5.32 Å². The van der Waals surface area contributed by atoms with Crippen LogP contribution in [0.1, 0.15) is 6.42 Å². The molecule has 0 aliphatic carbocycles. The number of amides is 1. The number of nitrogens with zero attached hydrogens (tertiary/aromatic N) is 1. The number of hydrogen-bond acceptors (Lipinski definition) is 3. The van der Waals surface area contributed by atoms with E-state index in [4.69, 9.17) is 4.74 Å². The second-order valence-electron chi connectivity index (χ2n) is 3.35. The normalized spacial score (nSPS) is 30.2. The third-order valence-electron chi connectivity index (χ3n) is 2.47. The Morgan fingerprint density at radius 3 is 2.92 bits per heavy atom. The molecule has 4 heteroatoms. The molecule has 2 aliphatic heterocycles. The minimum Gasteiger partial charge on any atom is -0.379 e. The lowest BCUT2D eigenvalue weighted by molar-refractivity contribution is -0.121. The molecule has 0 aromatic heterocycles. The molecule has 0 aromatic rings. The van der Waals surface area contributed by atoms with Crippen molar-refractivity contribution in [3.8, 4) is 0 Å². The smallest absolute Gasteiger partial charge is 0.225 e. The number of rotatable bonds is 1. The third-order valence-corrected chi connectivity index (χ3v) is 2.47. The minimum absolute atomic E-state index is 0.110. The van der Waals surface area contributed by atoms with Crippen LogP contribution in [0.2, 0.25) is 0 Å². The highest BCUT2D eigenvalue weighted by Gasteiger charge is 2.22. The molecule has 1 amide bonds. The van der Waals surface area contributed by atoms with Gasteiger partial charge in [0.2, 0.25) is 5.91 Å². The van der Waals surface area contributed by atoms with Gasteiger partial charge in [-0.05, 0) is 0 Å². The lowest BCUT2D eigenvalue weighted by atomic mass is 10.1. The third kappa shape index (κ3) is 2.08. The summed E-state index contributed by atoms with van der Waals surface area (Å²) in [5.74, 6) is 0.110. The first kappa shape index (κ1) is 8.72. The highest BCUT2D eigenvalue weighted by atomic mass is 16.5. The van der Waals surface area contributed by atoms with Crippen molar-refractivity contribution in [2.24, 2.45) is 0 Å². The summed E-state index contributed by atoms with van der Waals surface area (Å²) >= 11 is 0. The van der Waals surface area contributed by atoms with E-state index in [1.165, 1.54) is 0 Å². The van der Waals surface area contributed by atoms with Gasteiger partial charge in [0.05, 0.1) is 13.2 Å². The summed E-state index contributed by atoms with van der Waals surface area (Å²) in [5, 5.41) is 2.67. The minimum atomic E-state index is 0.110. The molecular weight excluding hydrogens is 168 g/mol. The van der Waals surface area contributed by atoms with Crippen LogP contribution >= 0.6 is 0 Å². The van der Waals surface area contributed by atoms with Crippen molar-refractivity contribution < 1.29 is 9.53 Å². The highest BCUT2D eigenvalue weighted by Crippen LogP contribution is 2.11. The predicted octanol–water partition coefficient (Wildman–Crippen LogP) is -0.279. The molecular formula is C9H14N2O2. The maximum absolute atomic E-state index is 11.1. The van der Waals surface area contributed by atoms with Crippen LogP contribution in [0.3, 0.4) is 0 Å². The Hall–Kier alpha value is -0.870. The topological polar surface area (TPSA) is 41.6 Å². The molecule has 1 N–H and O–H groups in total. The molecule has 4 nitrogen and oxygen atoms in total. The van der Waals surface area contributed by atoms with Gasteiger partial charge in [0.25, 0.3) is 0 Å². The first-order valence-electron chi connectivity index (χ1n) is 4.64. The summed E-state index contributed by atoms with van der Waals surface area (Å²) < 4.78 is 5.25. The summed E-state index contributed by atoms with van der Waals surface area (Å²) in [6.07, 6.45) is 4.37. The van der Waals surface area contributed by atoms with Gasteiger partial charge in [-0.15, -0.1) is 0 Å². The Morgan fingerprint density at radius 2 is 2.23 bits per heavy atom. The average Bonchev–Trinajstić information content (AvgIpc) is 2.19. The number of carbonyl (C=O) groups excluding carboxylic acids is 1. The quantitative estimate of drug-likeness (QED) is 0.606. The van der Waals surface area contributed by atoms with Crippen molar-refractivity contribution >= 4 is 5.91 Å². The number of hydrogen-bond donors (Lipinski definition) is 1. The average molecular weight is 182 g/mol. The molecule has 0 aromatic carbocycles. The van der Waals surface area contributed by atoms with Crippen LogP contribution in [-0.2, 0) is 9.53 Å². The maximum atomic E-state index is 11.1. The Kier molecular flexibility index (Phi) is 2.61. The molecule has 1 saturated heterocycles. The maximum Gasteiger partial charge on any atom is 0.225 e. The molecule has 2 heterocycles. The van der Waals surface area contributed by atoms with E-state index in [1.54, 1.807) is 6.20 Å². The molecule has 0 radical (unpaired) electrons. The van der Waals surface area contributed by atoms with Crippen molar-refractivity contribution in [2.45, 2.75) is 12.5 Å². The van der Waals surface area contributed by atoms with Crippen LogP contribution in [0, 0.1) is 0 Å². The van der Waals surface area contributed by atoms with E-state index in [1.807, 2.05) is 6.08 Å². The van der Waals surface area contributed by atoms with E-state index in [9.17, 15) is 4.79 Å². The second-order valence-corrected chi connectivity index (χ2v) is 3.35. The Morgan fingerprint density at radius 1 is 1.46 bits per heavy atom. The molecule has 0 bridgehead atoms. The van der Waals surface area contributed by atoms with Crippen molar-refractivity contribution in [2.75, 3.05) is 26.3 Å². The van der Waals surface area contributed by atoms with Gasteiger partial charge >= 0.3 is 0 Å². The predicted molar refractivity (Wildman–Crippen MR) is 48.1 cm³/mol. The van der Waals surface area contributed by atoms with E-state index >= 15 is 0 Å². The van der Waals surface area contributed by atoms with Gasteiger partial charge in [0, 0.05) is 31.8 Å². The summed E-state index contributed by atoms with van der Waals surface area (Å²) in [5.41, 5.74) is 0. The molecule has 1 fully saturated rings. The number of morpholine rings is 1. The lowest BCUT2D eigenvalue weighted by Gasteiger charge is -2.33. The zero-order valence-corrected chi connectivity index (χ0v) is 7.53. The summed E-state index contributed by atoms with van der Waals surface area (Å²) in [4.78, 5) is 13.4.